The number of nitrogens with zero attached hydrogens (tertiary/aromatic N) is 1. The van der Waals surface area contributed by atoms with E-state index in [4.69, 9.17) is 14.2 Å². The molecule has 5 heteroatoms. The van der Waals surface area contributed by atoms with Crippen molar-refractivity contribution in [2.45, 2.75) is 6.10 Å². The monoisotopic (exact) mass is 275 g/mol. The molecule has 1 fully saturated rings. The largest absolute Gasteiger partial charge is 0.487 e. The number of carbonyl (C=O) groups is 1. The van der Waals surface area contributed by atoms with E-state index < -0.39 is 0 Å². The Hall–Kier alpha value is -2.01. The second kappa shape index (κ2) is 5.17. The standard InChI is InChI=1S/C15H17NO4/c1-16(2)15(17)11-6-10-4-3-5-13(14(10)20-7-11)19-9-12-8-18-12/h3-6,12H,7-9H2,1-2H3/t12-/m0/s1. The second-order valence-corrected chi connectivity index (χ2v) is 5.10. The molecule has 2 heterocycles. The highest BCUT2D eigenvalue weighted by molar-refractivity contribution is 5.99. The van der Waals surface area contributed by atoms with Gasteiger partial charge in [0.15, 0.2) is 11.5 Å². The average molecular weight is 275 g/mol. The lowest BCUT2D eigenvalue weighted by Gasteiger charge is -2.21. The van der Waals surface area contributed by atoms with E-state index >= 15 is 0 Å². The third kappa shape index (κ3) is 2.63. The third-order valence-corrected chi connectivity index (χ3v) is 3.22. The summed E-state index contributed by atoms with van der Waals surface area (Å²) in [5.41, 5.74) is 1.51. The van der Waals surface area contributed by atoms with Gasteiger partial charge in [0.1, 0.15) is 19.3 Å². The van der Waals surface area contributed by atoms with Gasteiger partial charge in [-0.15, -0.1) is 0 Å². The Labute approximate surface area is 117 Å². The van der Waals surface area contributed by atoms with Crippen molar-refractivity contribution < 1.29 is 19.0 Å². The molecule has 0 bridgehead atoms. The van der Waals surface area contributed by atoms with E-state index in [0.29, 0.717) is 23.7 Å². The van der Waals surface area contributed by atoms with Crippen LogP contribution in [0.1, 0.15) is 5.56 Å². The molecule has 1 aromatic carbocycles. The van der Waals surface area contributed by atoms with Gasteiger partial charge in [-0.2, -0.15) is 0 Å². The quantitative estimate of drug-likeness (QED) is 0.778. The van der Waals surface area contributed by atoms with Gasteiger partial charge in [-0.05, 0) is 12.1 Å². The van der Waals surface area contributed by atoms with Crippen LogP contribution in [0.2, 0.25) is 0 Å². The van der Waals surface area contributed by atoms with Gasteiger partial charge in [0.05, 0.1) is 12.2 Å². The number of para-hydroxylation sites is 1. The van der Waals surface area contributed by atoms with E-state index in [2.05, 4.69) is 0 Å². The molecule has 1 saturated heterocycles. The lowest BCUT2D eigenvalue weighted by Crippen LogP contribution is -2.27. The molecule has 2 aliphatic heterocycles. The van der Waals surface area contributed by atoms with Crippen molar-refractivity contribution in [2.75, 3.05) is 33.9 Å². The van der Waals surface area contributed by atoms with E-state index in [1.165, 1.54) is 0 Å². The van der Waals surface area contributed by atoms with Crippen LogP contribution in [0.25, 0.3) is 6.08 Å². The van der Waals surface area contributed by atoms with Gasteiger partial charge in [-0.1, -0.05) is 12.1 Å². The molecular formula is C15H17NO4. The van der Waals surface area contributed by atoms with Crippen LogP contribution in [0.3, 0.4) is 0 Å². The summed E-state index contributed by atoms with van der Waals surface area (Å²) in [6.45, 7) is 1.56. The third-order valence-electron chi connectivity index (χ3n) is 3.22. The van der Waals surface area contributed by atoms with Crippen molar-refractivity contribution >= 4 is 12.0 Å². The molecule has 0 aliphatic carbocycles. The van der Waals surface area contributed by atoms with Crippen molar-refractivity contribution in [2.24, 2.45) is 0 Å². The van der Waals surface area contributed by atoms with Crippen LogP contribution in [-0.2, 0) is 9.53 Å². The molecule has 1 atom stereocenters. The molecular weight excluding hydrogens is 258 g/mol. The molecule has 1 amide bonds. The van der Waals surface area contributed by atoms with Crippen molar-refractivity contribution in [1.82, 2.24) is 4.90 Å². The minimum Gasteiger partial charge on any atom is -0.487 e. The number of carbonyl (C=O) groups excluding carboxylic acids is 1. The van der Waals surface area contributed by atoms with Crippen molar-refractivity contribution in [3.8, 4) is 11.5 Å². The van der Waals surface area contributed by atoms with E-state index in [0.717, 1.165) is 12.2 Å². The van der Waals surface area contributed by atoms with Crippen LogP contribution >= 0.6 is 0 Å². The minimum atomic E-state index is -0.0339. The van der Waals surface area contributed by atoms with Crippen LogP contribution in [0.15, 0.2) is 23.8 Å². The smallest absolute Gasteiger partial charge is 0.252 e. The first-order chi connectivity index (χ1) is 9.65. The normalized spacial score (nSPS) is 19.5. The fourth-order valence-electron chi connectivity index (χ4n) is 2.05. The van der Waals surface area contributed by atoms with Crippen LogP contribution in [0.4, 0.5) is 0 Å². The van der Waals surface area contributed by atoms with Crippen LogP contribution in [-0.4, -0.2) is 50.8 Å². The molecule has 0 aromatic heterocycles. The molecule has 106 valence electrons. The predicted octanol–water partition coefficient (Wildman–Crippen LogP) is 1.33. The molecule has 0 unspecified atom stereocenters. The second-order valence-electron chi connectivity index (χ2n) is 5.10. The highest BCUT2D eigenvalue weighted by Crippen LogP contribution is 2.36. The van der Waals surface area contributed by atoms with E-state index in [9.17, 15) is 4.79 Å². The number of fused-ring (bicyclic) bond motifs is 1. The molecule has 20 heavy (non-hydrogen) atoms. The minimum absolute atomic E-state index is 0.0339. The summed E-state index contributed by atoms with van der Waals surface area (Å²) in [6, 6.07) is 5.68. The number of rotatable bonds is 4. The molecule has 0 radical (unpaired) electrons. The average Bonchev–Trinajstić information content (AvgIpc) is 3.27. The van der Waals surface area contributed by atoms with Crippen LogP contribution in [0.5, 0.6) is 11.5 Å². The topological polar surface area (TPSA) is 51.3 Å². The number of likely N-dealkylation sites (N-methyl/N-ethyl adjacent to an activating group) is 1. The number of hydrogen-bond donors (Lipinski definition) is 0. The lowest BCUT2D eigenvalue weighted by atomic mass is 10.1. The van der Waals surface area contributed by atoms with E-state index in [1.54, 1.807) is 19.0 Å². The molecule has 1 aromatic rings. The first-order valence-electron chi connectivity index (χ1n) is 6.57. The summed E-state index contributed by atoms with van der Waals surface area (Å²) in [6.07, 6.45) is 2.07. The SMILES string of the molecule is CN(C)C(=O)C1=Cc2cccc(OC[C@@H]3CO3)c2OC1. The Morgan fingerprint density at radius 1 is 1.45 bits per heavy atom. The number of benzene rings is 1. The van der Waals surface area contributed by atoms with Gasteiger partial charge in [0.25, 0.3) is 5.91 Å². The summed E-state index contributed by atoms with van der Waals surface area (Å²) in [4.78, 5) is 13.5. The van der Waals surface area contributed by atoms with E-state index in [1.807, 2.05) is 24.3 Å². The number of ether oxygens (including phenoxy) is 3. The highest BCUT2D eigenvalue weighted by atomic mass is 16.6. The number of amides is 1. The Balaban J connectivity index is 1.82. The zero-order valence-corrected chi connectivity index (χ0v) is 11.6. The summed E-state index contributed by atoms with van der Waals surface area (Å²) in [5.74, 6) is 1.36. The summed E-state index contributed by atoms with van der Waals surface area (Å²) < 4.78 is 16.5. The molecule has 0 saturated carbocycles. The predicted molar refractivity (Wildman–Crippen MR) is 73.8 cm³/mol. The fraction of sp³-hybridized carbons (Fsp3) is 0.400. The molecule has 0 N–H and O–H groups in total. The Morgan fingerprint density at radius 3 is 2.95 bits per heavy atom. The molecule has 2 aliphatic rings. The summed E-state index contributed by atoms with van der Waals surface area (Å²) in [5, 5.41) is 0. The molecule has 0 spiro atoms. The van der Waals surface area contributed by atoms with Crippen LogP contribution < -0.4 is 9.47 Å². The Kier molecular flexibility index (Phi) is 3.36. The zero-order valence-electron chi connectivity index (χ0n) is 11.6. The first kappa shape index (κ1) is 13.0. The zero-order chi connectivity index (χ0) is 14.1. The van der Waals surface area contributed by atoms with Gasteiger partial charge in [0.2, 0.25) is 0 Å². The summed E-state index contributed by atoms with van der Waals surface area (Å²) in [7, 11) is 3.46. The fourth-order valence-corrected chi connectivity index (χ4v) is 2.05. The number of epoxide rings is 1. The van der Waals surface area contributed by atoms with Gasteiger partial charge in [-0.25, -0.2) is 0 Å². The highest BCUT2D eigenvalue weighted by Gasteiger charge is 2.25. The van der Waals surface area contributed by atoms with Gasteiger partial charge in [-0.3, -0.25) is 4.79 Å². The van der Waals surface area contributed by atoms with Crippen LogP contribution in [0, 0.1) is 0 Å². The maximum Gasteiger partial charge on any atom is 0.252 e. The maximum absolute atomic E-state index is 11.9. The maximum atomic E-state index is 11.9. The molecule has 3 rings (SSSR count). The lowest BCUT2D eigenvalue weighted by molar-refractivity contribution is -0.125. The first-order valence-corrected chi connectivity index (χ1v) is 6.57. The van der Waals surface area contributed by atoms with Gasteiger partial charge >= 0.3 is 0 Å². The van der Waals surface area contributed by atoms with Crippen molar-refractivity contribution in [3.05, 3.63) is 29.3 Å². The van der Waals surface area contributed by atoms with Gasteiger partial charge < -0.3 is 19.1 Å². The van der Waals surface area contributed by atoms with Crippen molar-refractivity contribution in [3.63, 3.8) is 0 Å². The van der Waals surface area contributed by atoms with Gasteiger partial charge in [0, 0.05) is 19.7 Å². The van der Waals surface area contributed by atoms with E-state index in [-0.39, 0.29) is 18.6 Å². The molecule has 5 nitrogen and oxygen atoms in total. The Morgan fingerprint density at radius 2 is 2.25 bits per heavy atom. The van der Waals surface area contributed by atoms with Crippen molar-refractivity contribution in [1.29, 1.82) is 0 Å². The Bertz CT molecular complexity index is 561. The summed E-state index contributed by atoms with van der Waals surface area (Å²) >= 11 is 0. The number of hydrogen-bond acceptors (Lipinski definition) is 4.